The van der Waals surface area contributed by atoms with Crippen molar-refractivity contribution in [1.29, 1.82) is 0 Å². The van der Waals surface area contributed by atoms with E-state index in [2.05, 4.69) is 5.32 Å². The monoisotopic (exact) mass is 414 g/mol. The maximum absolute atomic E-state index is 14.5. The van der Waals surface area contributed by atoms with E-state index in [-0.39, 0.29) is 37.1 Å². The van der Waals surface area contributed by atoms with Gasteiger partial charge in [0.15, 0.2) is 11.6 Å². The minimum absolute atomic E-state index is 0.00746. The zero-order valence-electron chi connectivity index (χ0n) is 16.8. The lowest BCUT2D eigenvalue weighted by Gasteiger charge is -2.35. The van der Waals surface area contributed by atoms with E-state index >= 15 is 0 Å². The number of imide groups is 1. The molecule has 4 rings (SSSR count). The van der Waals surface area contributed by atoms with Crippen molar-refractivity contribution in [3.05, 3.63) is 53.4 Å². The zero-order valence-corrected chi connectivity index (χ0v) is 16.8. The fourth-order valence-corrected chi connectivity index (χ4v) is 4.36. The van der Waals surface area contributed by atoms with Crippen LogP contribution in [0.1, 0.15) is 25.3 Å². The lowest BCUT2D eigenvalue weighted by molar-refractivity contribution is -0.142. The van der Waals surface area contributed by atoms with E-state index in [0.717, 1.165) is 0 Å². The first kappa shape index (κ1) is 20.3. The van der Waals surface area contributed by atoms with Gasteiger partial charge in [0.05, 0.1) is 19.8 Å². The van der Waals surface area contributed by atoms with Crippen LogP contribution in [0, 0.1) is 11.2 Å². The number of piperidine rings is 1. The van der Waals surface area contributed by atoms with E-state index < -0.39 is 29.3 Å². The first-order chi connectivity index (χ1) is 14.3. The van der Waals surface area contributed by atoms with Gasteiger partial charge in [-0.3, -0.25) is 19.7 Å². The van der Waals surface area contributed by atoms with Gasteiger partial charge in [-0.1, -0.05) is 37.3 Å². The Kier molecular flexibility index (Phi) is 5.19. The topological polar surface area (TPSA) is 84.9 Å². The van der Waals surface area contributed by atoms with Crippen LogP contribution in [-0.4, -0.2) is 48.4 Å². The van der Waals surface area contributed by atoms with Crippen molar-refractivity contribution in [1.82, 2.24) is 10.2 Å². The smallest absolute Gasteiger partial charge is 0.251 e. The predicted octanol–water partition coefficient (Wildman–Crippen LogP) is 1.87. The quantitative estimate of drug-likeness (QED) is 0.744. The number of fused-ring (bicyclic) bond motifs is 1. The highest BCUT2D eigenvalue weighted by Crippen LogP contribution is 2.45. The third-order valence-electron chi connectivity index (χ3n) is 6.05. The second kappa shape index (κ2) is 7.68. The number of nitrogens with one attached hydrogen (secondary N) is 1. The molecule has 0 radical (unpaired) electrons. The van der Waals surface area contributed by atoms with Gasteiger partial charge in [-0.15, -0.1) is 0 Å². The molecule has 30 heavy (non-hydrogen) atoms. The number of allylic oxidation sites excluding steroid dienone is 2. The van der Waals surface area contributed by atoms with Crippen molar-refractivity contribution >= 4 is 17.7 Å². The number of ether oxygens (including phenoxy) is 2. The van der Waals surface area contributed by atoms with Crippen LogP contribution in [0.5, 0.6) is 5.75 Å². The lowest BCUT2D eigenvalue weighted by Crippen LogP contribution is -2.53. The van der Waals surface area contributed by atoms with Gasteiger partial charge in [0, 0.05) is 29.5 Å². The third-order valence-corrected chi connectivity index (χ3v) is 6.05. The van der Waals surface area contributed by atoms with E-state index in [0.29, 0.717) is 17.6 Å². The van der Waals surface area contributed by atoms with Gasteiger partial charge in [0.1, 0.15) is 6.04 Å². The summed E-state index contributed by atoms with van der Waals surface area (Å²) in [7, 11) is 1.40. The second-order valence-electron chi connectivity index (χ2n) is 7.95. The third kappa shape index (κ3) is 3.31. The molecule has 0 spiro atoms. The number of benzene rings is 1. The van der Waals surface area contributed by atoms with E-state index in [4.69, 9.17) is 9.47 Å². The van der Waals surface area contributed by atoms with E-state index in [1.807, 2.05) is 13.0 Å². The van der Waals surface area contributed by atoms with Gasteiger partial charge in [-0.2, -0.15) is 0 Å². The molecule has 1 aliphatic carbocycles. The summed E-state index contributed by atoms with van der Waals surface area (Å²) in [6.45, 7) is 2.19. The van der Waals surface area contributed by atoms with Crippen LogP contribution < -0.4 is 10.1 Å². The molecule has 3 unspecified atom stereocenters. The Balaban J connectivity index is 1.53. The Morgan fingerprint density at radius 3 is 2.83 bits per heavy atom. The molecule has 2 saturated heterocycles. The molecule has 0 bridgehead atoms. The Labute approximate surface area is 173 Å². The van der Waals surface area contributed by atoms with Gasteiger partial charge < -0.3 is 14.4 Å². The fraction of sp³-hybridized carbons (Fsp3) is 0.409. The van der Waals surface area contributed by atoms with Gasteiger partial charge >= 0.3 is 0 Å². The first-order valence-corrected chi connectivity index (χ1v) is 9.82. The van der Waals surface area contributed by atoms with Crippen LogP contribution in [0.15, 0.2) is 42.0 Å². The van der Waals surface area contributed by atoms with Crippen molar-refractivity contribution in [2.24, 2.45) is 5.41 Å². The van der Waals surface area contributed by atoms with Gasteiger partial charge in [0.25, 0.3) is 5.91 Å². The zero-order chi connectivity index (χ0) is 21.5. The minimum atomic E-state index is -0.692. The standard InChI is InChI=1S/C22H23FN2O5/c1-22-12-25(15-9-10-18(26)24-20(15)27)21(28)14(22)6-4-8-17(22)30-11-13-5-3-7-16(29-2)19(13)23/h3-8,15,17H,9-12H2,1-2H3,(H,24,26,27). The maximum Gasteiger partial charge on any atom is 0.251 e. The molecular formula is C22H23FN2O5. The Bertz CT molecular complexity index is 972. The number of hydrogen-bond donors (Lipinski definition) is 1. The van der Waals surface area contributed by atoms with Crippen LogP contribution in [0.3, 0.4) is 0 Å². The van der Waals surface area contributed by atoms with Crippen molar-refractivity contribution in [3.63, 3.8) is 0 Å². The number of rotatable bonds is 5. The number of likely N-dealkylation sites (tertiary alicyclic amines) is 1. The van der Waals surface area contributed by atoms with Crippen LogP contribution >= 0.6 is 0 Å². The van der Waals surface area contributed by atoms with Crippen LogP contribution in [0.2, 0.25) is 0 Å². The maximum atomic E-state index is 14.5. The number of carbonyl (C=O) groups excluding carboxylic acids is 3. The van der Waals surface area contributed by atoms with Crippen LogP contribution in [-0.2, 0) is 25.7 Å². The minimum Gasteiger partial charge on any atom is -0.494 e. The predicted molar refractivity (Wildman–Crippen MR) is 105 cm³/mol. The number of carbonyl (C=O) groups is 3. The van der Waals surface area contributed by atoms with E-state index in [1.54, 1.807) is 24.3 Å². The molecule has 3 aliphatic rings. The molecule has 158 valence electrons. The van der Waals surface area contributed by atoms with E-state index in [9.17, 15) is 18.8 Å². The number of halogens is 1. The van der Waals surface area contributed by atoms with Crippen molar-refractivity contribution in [2.45, 2.75) is 38.5 Å². The highest BCUT2D eigenvalue weighted by Gasteiger charge is 2.53. The second-order valence-corrected chi connectivity index (χ2v) is 7.95. The van der Waals surface area contributed by atoms with Crippen molar-refractivity contribution in [2.75, 3.05) is 13.7 Å². The molecule has 1 aromatic carbocycles. The van der Waals surface area contributed by atoms with Crippen LogP contribution in [0.25, 0.3) is 0 Å². The molecule has 2 fully saturated rings. The van der Waals surface area contributed by atoms with Crippen molar-refractivity contribution < 1.29 is 28.2 Å². The van der Waals surface area contributed by atoms with Crippen LogP contribution in [0.4, 0.5) is 4.39 Å². The normalized spacial score (nSPS) is 28.3. The Morgan fingerprint density at radius 1 is 1.30 bits per heavy atom. The van der Waals surface area contributed by atoms with E-state index in [1.165, 1.54) is 18.1 Å². The van der Waals surface area contributed by atoms with Crippen molar-refractivity contribution in [3.8, 4) is 5.75 Å². The highest BCUT2D eigenvalue weighted by molar-refractivity contribution is 6.05. The van der Waals surface area contributed by atoms with Gasteiger partial charge in [-0.25, -0.2) is 4.39 Å². The van der Waals surface area contributed by atoms with Gasteiger partial charge in [0.2, 0.25) is 11.8 Å². The number of amides is 3. The largest absolute Gasteiger partial charge is 0.494 e. The summed E-state index contributed by atoms with van der Waals surface area (Å²) >= 11 is 0. The SMILES string of the molecule is COc1cccc(COC2C=CC=C3C(=O)N(C4CCC(=O)NC4=O)CC32C)c1F. The number of methoxy groups -OCH3 is 1. The summed E-state index contributed by atoms with van der Waals surface area (Å²) < 4.78 is 25.5. The molecular weight excluding hydrogens is 391 g/mol. The Hall–Kier alpha value is -3.00. The fourth-order valence-electron chi connectivity index (χ4n) is 4.36. The molecule has 1 N–H and O–H groups in total. The molecule has 3 amide bonds. The molecule has 3 atom stereocenters. The summed E-state index contributed by atoms with van der Waals surface area (Å²) in [5, 5.41) is 2.30. The summed E-state index contributed by atoms with van der Waals surface area (Å²) in [5.41, 5.74) is 0.211. The first-order valence-electron chi connectivity index (χ1n) is 9.82. The molecule has 7 nitrogen and oxygen atoms in total. The molecule has 8 heteroatoms. The molecule has 0 saturated carbocycles. The summed E-state index contributed by atoms with van der Waals surface area (Å²) in [4.78, 5) is 38.3. The summed E-state index contributed by atoms with van der Waals surface area (Å²) in [5.74, 6) is -1.35. The highest BCUT2D eigenvalue weighted by atomic mass is 19.1. The number of hydrogen-bond acceptors (Lipinski definition) is 5. The molecule has 2 heterocycles. The summed E-state index contributed by atoms with van der Waals surface area (Å²) in [6, 6.07) is 4.16. The average Bonchev–Trinajstić information content (AvgIpc) is 2.98. The molecule has 0 aromatic heterocycles. The van der Waals surface area contributed by atoms with Gasteiger partial charge in [-0.05, 0) is 12.5 Å². The summed E-state index contributed by atoms with van der Waals surface area (Å²) in [6.07, 6.45) is 5.33. The average molecular weight is 414 g/mol. The number of nitrogens with zero attached hydrogens (tertiary/aromatic N) is 1. The molecule has 1 aromatic rings. The Morgan fingerprint density at radius 2 is 2.10 bits per heavy atom. The molecule has 2 aliphatic heterocycles. The lowest BCUT2D eigenvalue weighted by atomic mass is 9.76.